The summed E-state index contributed by atoms with van der Waals surface area (Å²) in [7, 11) is 3.07. The van der Waals surface area contributed by atoms with Crippen LogP contribution in [0.2, 0.25) is 0 Å². The quantitative estimate of drug-likeness (QED) is 0.276. The highest BCUT2D eigenvalue weighted by atomic mass is 33.1. The molecular formula is C19H23F3N2O6S2. The van der Waals surface area contributed by atoms with Gasteiger partial charge in [0.1, 0.15) is 5.75 Å². The molecule has 0 atom stereocenters. The first kappa shape index (κ1) is 29.4. The summed E-state index contributed by atoms with van der Waals surface area (Å²) in [4.78, 5) is 30.9. The number of nitriles is 1. The maximum atomic E-state index is 11.7. The average Bonchev–Trinajstić information content (AvgIpc) is 2.72. The molecule has 0 unspecified atom stereocenters. The van der Waals surface area contributed by atoms with Gasteiger partial charge in [-0.05, 0) is 31.0 Å². The highest BCUT2D eigenvalue weighted by molar-refractivity contribution is 8.76. The highest BCUT2D eigenvalue weighted by Crippen LogP contribution is 2.21. The van der Waals surface area contributed by atoms with E-state index in [1.54, 1.807) is 35.1 Å². The molecule has 0 aromatic heterocycles. The molecule has 8 nitrogen and oxygen atoms in total. The van der Waals surface area contributed by atoms with Crippen LogP contribution < -0.4 is 10.1 Å². The SMILES string of the molecule is N#Cc1cccc(OCCCCC(=O)NCCSSCCC(=O)O)c1.O=C(O)C(F)(F)F. The van der Waals surface area contributed by atoms with E-state index in [-0.39, 0.29) is 12.3 Å². The molecule has 32 heavy (non-hydrogen) atoms. The molecule has 0 aliphatic rings. The van der Waals surface area contributed by atoms with Crippen LogP contribution >= 0.6 is 21.6 Å². The van der Waals surface area contributed by atoms with Crippen LogP contribution in [0.3, 0.4) is 0 Å². The molecule has 0 saturated carbocycles. The Morgan fingerprint density at radius 1 is 1.09 bits per heavy atom. The molecule has 1 aromatic rings. The number of carboxylic acids is 2. The summed E-state index contributed by atoms with van der Waals surface area (Å²) in [6.45, 7) is 1.10. The monoisotopic (exact) mass is 496 g/mol. The summed E-state index contributed by atoms with van der Waals surface area (Å²) in [6.07, 6.45) is -2.96. The van der Waals surface area contributed by atoms with Gasteiger partial charge in [-0.15, -0.1) is 0 Å². The van der Waals surface area contributed by atoms with Gasteiger partial charge in [0, 0.05) is 24.5 Å². The molecule has 13 heteroatoms. The number of nitrogens with one attached hydrogen (secondary N) is 1. The molecule has 178 valence electrons. The number of halogens is 3. The van der Waals surface area contributed by atoms with E-state index in [9.17, 15) is 22.8 Å². The van der Waals surface area contributed by atoms with Crippen molar-refractivity contribution in [3.63, 3.8) is 0 Å². The van der Waals surface area contributed by atoms with Gasteiger partial charge < -0.3 is 20.3 Å². The van der Waals surface area contributed by atoms with Gasteiger partial charge in [-0.3, -0.25) is 9.59 Å². The molecule has 1 amide bonds. The van der Waals surface area contributed by atoms with Crippen molar-refractivity contribution in [2.24, 2.45) is 0 Å². The lowest BCUT2D eigenvalue weighted by Crippen LogP contribution is -2.25. The molecule has 0 bridgehead atoms. The molecule has 0 heterocycles. The van der Waals surface area contributed by atoms with Gasteiger partial charge in [0.05, 0.1) is 24.7 Å². The number of alkyl halides is 3. The second-order valence-electron chi connectivity index (χ2n) is 5.89. The Balaban J connectivity index is 0.00000118. The molecule has 0 aliphatic heterocycles. The van der Waals surface area contributed by atoms with Crippen LogP contribution in [0.25, 0.3) is 0 Å². The van der Waals surface area contributed by atoms with Gasteiger partial charge in [0.25, 0.3) is 0 Å². The van der Waals surface area contributed by atoms with Gasteiger partial charge in [0.15, 0.2) is 0 Å². The Morgan fingerprint density at radius 2 is 1.75 bits per heavy atom. The average molecular weight is 497 g/mol. The van der Waals surface area contributed by atoms with Gasteiger partial charge in [-0.1, -0.05) is 27.7 Å². The van der Waals surface area contributed by atoms with E-state index in [0.717, 1.165) is 18.6 Å². The zero-order valence-corrected chi connectivity index (χ0v) is 18.5. The van der Waals surface area contributed by atoms with Crippen LogP contribution in [0.1, 0.15) is 31.2 Å². The lowest BCUT2D eigenvalue weighted by atomic mass is 10.2. The Hall–Kier alpha value is -2.59. The van der Waals surface area contributed by atoms with E-state index in [1.807, 2.05) is 0 Å². The number of amides is 1. The number of hydrogen-bond donors (Lipinski definition) is 3. The summed E-state index contributed by atoms with van der Waals surface area (Å²) in [5, 5.41) is 27.3. The third kappa shape index (κ3) is 17.1. The number of carboxylic acid groups (broad SMARTS) is 2. The third-order valence-corrected chi connectivity index (χ3v) is 5.67. The second-order valence-corrected chi connectivity index (χ2v) is 8.59. The van der Waals surface area contributed by atoms with Crippen LogP contribution in [0.15, 0.2) is 24.3 Å². The molecule has 1 aromatic carbocycles. The standard InChI is InChI=1S/C17H22N2O4S2.C2HF3O2/c18-13-14-4-3-5-15(12-14)23-9-2-1-6-16(20)19-8-11-25-24-10-7-17(21)22;3-2(4,5)1(6)7/h3-5,12H,1-2,6-11H2,(H,19,20)(H,21,22);(H,6,7). The number of carbonyl (C=O) groups excluding carboxylic acids is 1. The molecule has 0 spiro atoms. The van der Waals surface area contributed by atoms with Crippen molar-refractivity contribution in [2.75, 3.05) is 24.7 Å². The van der Waals surface area contributed by atoms with Crippen molar-refractivity contribution < 1.29 is 42.5 Å². The lowest BCUT2D eigenvalue weighted by Gasteiger charge is -2.07. The molecule has 1 rings (SSSR count). The predicted molar refractivity (Wildman–Crippen MR) is 114 cm³/mol. The maximum absolute atomic E-state index is 11.7. The van der Waals surface area contributed by atoms with Gasteiger partial charge >= 0.3 is 18.1 Å². The van der Waals surface area contributed by atoms with Crippen molar-refractivity contribution in [3.8, 4) is 11.8 Å². The number of aliphatic carboxylic acids is 2. The second kappa shape index (κ2) is 17.0. The molecule has 0 fully saturated rings. The van der Waals surface area contributed by atoms with Crippen molar-refractivity contribution in [1.29, 1.82) is 5.26 Å². The summed E-state index contributed by atoms with van der Waals surface area (Å²) in [5.74, 6) is -1.53. The minimum Gasteiger partial charge on any atom is -0.494 e. The van der Waals surface area contributed by atoms with Crippen LogP contribution in [-0.4, -0.2) is 58.9 Å². The molecule has 0 aliphatic carbocycles. The fourth-order valence-electron chi connectivity index (χ4n) is 1.80. The Kier molecular flexibility index (Phi) is 15.6. The van der Waals surface area contributed by atoms with E-state index in [4.69, 9.17) is 25.0 Å². The number of ether oxygens (including phenoxy) is 1. The number of hydrogen-bond acceptors (Lipinski definition) is 7. The van der Waals surface area contributed by atoms with Gasteiger partial charge in [-0.2, -0.15) is 18.4 Å². The predicted octanol–water partition coefficient (Wildman–Crippen LogP) is 3.71. The zero-order chi connectivity index (χ0) is 24.4. The van der Waals surface area contributed by atoms with Crippen LogP contribution in [0.5, 0.6) is 5.75 Å². The normalized spacial score (nSPS) is 10.3. The summed E-state index contributed by atoms with van der Waals surface area (Å²) >= 11 is 0. The minimum absolute atomic E-state index is 0.0163. The van der Waals surface area contributed by atoms with Crippen molar-refractivity contribution in [2.45, 2.75) is 31.9 Å². The zero-order valence-electron chi connectivity index (χ0n) is 16.9. The molecular weight excluding hydrogens is 473 g/mol. The van der Waals surface area contributed by atoms with Gasteiger partial charge in [-0.25, -0.2) is 4.79 Å². The van der Waals surface area contributed by atoms with E-state index in [1.165, 1.54) is 10.8 Å². The molecule has 0 radical (unpaired) electrons. The van der Waals surface area contributed by atoms with E-state index in [0.29, 0.717) is 36.6 Å². The first-order valence-electron chi connectivity index (χ1n) is 9.22. The number of rotatable bonds is 13. The fourth-order valence-corrected chi connectivity index (χ4v) is 3.69. The first-order chi connectivity index (χ1) is 15.1. The van der Waals surface area contributed by atoms with Crippen molar-refractivity contribution in [3.05, 3.63) is 29.8 Å². The molecule has 3 N–H and O–H groups in total. The summed E-state index contributed by atoms with van der Waals surface area (Å²) in [6, 6.07) is 9.06. The first-order valence-corrected chi connectivity index (χ1v) is 11.7. The topological polar surface area (TPSA) is 137 Å². The maximum Gasteiger partial charge on any atom is 0.490 e. The lowest BCUT2D eigenvalue weighted by molar-refractivity contribution is -0.192. The van der Waals surface area contributed by atoms with E-state index < -0.39 is 18.1 Å². The number of carbonyl (C=O) groups is 3. The van der Waals surface area contributed by atoms with Crippen LogP contribution in [0, 0.1) is 11.3 Å². The van der Waals surface area contributed by atoms with Gasteiger partial charge in [0.2, 0.25) is 5.91 Å². The highest BCUT2D eigenvalue weighted by Gasteiger charge is 2.38. The number of unbranched alkanes of at least 4 members (excludes halogenated alkanes) is 1. The number of benzene rings is 1. The fraction of sp³-hybridized carbons (Fsp3) is 0.474. The number of nitrogens with zero attached hydrogens (tertiary/aromatic N) is 1. The van der Waals surface area contributed by atoms with Crippen LogP contribution in [0.4, 0.5) is 13.2 Å². The van der Waals surface area contributed by atoms with E-state index >= 15 is 0 Å². The smallest absolute Gasteiger partial charge is 0.490 e. The Bertz CT molecular complexity index is 772. The largest absolute Gasteiger partial charge is 0.494 e. The van der Waals surface area contributed by atoms with Crippen LogP contribution in [-0.2, 0) is 14.4 Å². The van der Waals surface area contributed by atoms with Crippen molar-refractivity contribution >= 4 is 39.4 Å². The Labute approximate surface area is 190 Å². The summed E-state index contributed by atoms with van der Waals surface area (Å²) in [5.41, 5.74) is 0.566. The third-order valence-electron chi connectivity index (χ3n) is 3.26. The van der Waals surface area contributed by atoms with Crippen molar-refractivity contribution in [1.82, 2.24) is 5.32 Å². The molecule has 0 saturated heterocycles. The van der Waals surface area contributed by atoms with E-state index in [2.05, 4.69) is 11.4 Å². The summed E-state index contributed by atoms with van der Waals surface area (Å²) < 4.78 is 37.3. The minimum atomic E-state index is -5.08. The Morgan fingerprint density at radius 3 is 2.34 bits per heavy atom.